The van der Waals surface area contributed by atoms with E-state index in [4.69, 9.17) is 9.15 Å². The number of carbonyl (C=O) groups excluding carboxylic acids is 1. The van der Waals surface area contributed by atoms with Crippen molar-refractivity contribution < 1.29 is 13.9 Å². The topological polar surface area (TPSA) is 68.5 Å². The molecule has 21 heavy (non-hydrogen) atoms. The van der Waals surface area contributed by atoms with Gasteiger partial charge in [0.1, 0.15) is 5.58 Å². The van der Waals surface area contributed by atoms with Crippen molar-refractivity contribution in [3.05, 3.63) is 40.2 Å². The highest BCUT2D eigenvalue weighted by Gasteiger charge is 2.22. The van der Waals surface area contributed by atoms with E-state index < -0.39 is 5.41 Å². The quantitative estimate of drug-likeness (QED) is 0.943. The average molecular weight is 289 g/mol. The van der Waals surface area contributed by atoms with Gasteiger partial charge in [-0.05, 0) is 17.7 Å². The Balaban J connectivity index is 2.59. The molecular weight excluding hydrogens is 270 g/mol. The van der Waals surface area contributed by atoms with E-state index in [2.05, 4.69) is 5.32 Å². The number of rotatable bonds is 3. The fraction of sp³-hybridized carbons (Fsp3) is 0.375. The number of hydrogen-bond acceptors (Lipinski definition) is 4. The van der Waals surface area contributed by atoms with E-state index in [0.29, 0.717) is 23.3 Å². The lowest BCUT2D eigenvalue weighted by molar-refractivity contribution is -0.123. The smallest absolute Gasteiger partial charge is 0.229 e. The average Bonchev–Trinajstić information content (AvgIpc) is 2.37. The SMILES string of the molecule is COCc1cc(NC(=O)C(C)(C)C)c2c(=O)ccoc2c1. The standard InChI is InChI=1S/C16H19NO4/c1-16(2,3)15(19)17-11-7-10(9-20-4)8-13-14(11)12(18)5-6-21-13/h5-8H,9H2,1-4H3,(H,17,19). The van der Waals surface area contributed by atoms with Gasteiger partial charge in [-0.25, -0.2) is 0 Å². The summed E-state index contributed by atoms with van der Waals surface area (Å²) in [5.41, 5.74) is 0.960. The molecule has 0 bridgehead atoms. The second kappa shape index (κ2) is 5.69. The first-order valence-electron chi connectivity index (χ1n) is 6.68. The lowest BCUT2D eigenvalue weighted by Crippen LogP contribution is -2.28. The summed E-state index contributed by atoms with van der Waals surface area (Å²) in [7, 11) is 1.58. The highest BCUT2D eigenvalue weighted by atomic mass is 16.5. The summed E-state index contributed by atoms with van der Waals surface area (Å²) >= 11 is 0. The number of methoxy groups -OCH3 is 1. The van der Waals surface area contributed by atoms with Crippen molar-refractivity contribution in [1.29, 1.82) is 0 Å². The zero-order valence-corrected chi connectivity index (χ0v) is 12.6. The van der Waals surface area contributed by atoms with E-state index in [9.17, 15) is 9.59 Å². The zero-order valence-electron chi connectivity index (χ0n) is 12.6. The van der Waals surface area contributed by atoms with Crippen molar-refractivity contribution in [1.82, 2.24) is 0 Å². The third-order valence-electron chi connectivity index (χ3n) is 3.06. The van der Waals surface area contributed by atoms with Crippen molar-refractivity contribution in [2.75, 3.05) is 12.4 Å². The van der Waals surface area contributed by atoms with Gasteiger partial charge in [0.25, 0.3) is 0 Å². The normalized spacial score (nSPS) is 11.6. The monoisotopic (exact) mass is 289 g/mol. The lowest BCUT2D eigenvalue weighted by atomic mass is 9.95. The minimum Gasteiger partial charge on any atom is -0.464 e. The molecule has 1 aromatic heterocycles. The Morgan fingerprint density at radius 1 is 1.33 bits per heavy atom. The van der Waals surface area contributed by atoms with Crippen LogP contribution in [0, 0.1) is 5.41 Å². The van der Waals surface area contributed by atoms with Crippen LogP contribution in [0.5, 0.6) is 0 Å². The second-order valence-corrected chi connectivity index (χ2v) is 5.94. The summed E-state index contributed by atoms with van der Waals surface area (Å²) in [6.45, 7) is 5.80. The van der Waals surface area contributed by atoms with Gasteiger partial charge in [0.05, 0.1) is 23.9 Å². The molecule has 1 N–H and O–H groups in total. The van der Waals surface area contributed by atoms with Crippen LogP contribution in [0.1, 0.15) is 26.3 Å². The van der Waals surface area contributed by atoms with Crippen LogP contribution in [0.2, 0.25) is 0 Å². The molecule has 112 valence electrons. The molecule has 0 saturated heterocycles. The Morgan fingerprint density at radius 2 is 2.05 bits per heavy atom. The fourth-order valence-corrected chi connectivity index (χ4v) is 1.93. The molecule has 2 aromatic rings. The van der Waals surface area contributed by atoms with Gasteiger partial charge in [-0.3, -0.25) is 9.59 Å². The van der Waals surface area contributed by atoms with E-state index in [1.165, 1.54) is 12.3 Å². The zero-order chi connectivity index (χ0) is 15.6. The summed E-state index contributed by atoms with van der Waals surface area (Å²) < 4.78 is 10.5. The largest absolute Gasteiger partial charge is 0.464 e. The fourth-order valence-electron chi connectivity index (χ4n) is 1.93. The molecule has 0 aliphatic heterocycles. The number of ether oxygens (including phenoxy) is 1. The number of anilines is 1. The van der Waals surface area contributed by atoms with E-state index in [1.54, 1.807) is 19.2 Å². The predicted octanol–water partition coefficient (Wildman–Crippen LogP) is 2.92. The van der Waals surface area contributed by atoms with Crippen molar-refractivity contribution in [3.8, 4) is 0 Å². The second-order valence-electron chi connectivity index (χ2n) is 5.94. The van der Waals surface area contributed by atoms with Gasteiger partial charge < -0.3 is 14.5 Å². The van der Waals surface area contributed by atoms with Gasteiger partial charge in [-0.2, -0.15) is 0 Å². The van der Waals surface area contributed by atoms with E-state index in [-0.39, 0.29) is 11.3 Å². The molecule has 1 heterocycles. The van der Waals surface area contributed by atoms with Gasteiger partial charge in [-0.15, -0.1) is 0 Å². The van der Waals surface area contributed by atoms with Crippen LogP contribution in [0.3, 0.4) is 0 Å². The van der Waals surface area contributed by atoms with Crippen molar-refractivity contribution in [3.63, 3.8) is 0 Å². The molecule has 0 atom stereocenters. The highest BCUT2D eigenvalue weighted by Crippen LogP contribution is 2.25. The molecule has 0 unspecified atom stereocenters. The Labute approximate surface area is 122 Å². The molecule has 0 aliphatic carbocycles. The summed E-state index contributed by atoms with van der Waals surface area (Å²) in [5, 5.41) is 3.18. The van der Waals surface area contributed by atoms with Gasteiger partial charge >= 0.3 is 0 Å². The summed E-state index contributed by atoms with van der Waals surface area (Å²) in [4.78, 5) is 24.2. The number of amides is 1. The maximum absolute atomic E-state index is 12.2. The Kier molecular flexibility index (Phi) is 4.14. The first-order chi connectivity index (χ1) is 9.82. The van der Waals surface area contributed by atoms with E-state index in [0.717, 1.165) is 5.56 Å². The number of carbonyl (C=O) groups is 1. The third-order valence-corrected chi connectivity index (χ3v) is 3.06. The lowest BCUT2D eigenvalue weighted by Gasteiger charge is -2.18. The summed E-state index contributed by atoms with van der Waals surface area (Å²) in [6, 6.07) is 4.82. The molecule has 0 saturated carbocycles. The van der Waals surface area contributed by atoms with Crippen molar-refractivity contribution in [2.24, 2.45) is 5.41 Å². The number of nitrogens with one attached hydrogen (secondary N) is 1. The highest BCUT2D eigenvalue weighted by molar-refractivity contribution is 6.02. The molecule has 1 amide bonds. The summed E-state index contributed by atoms with van der Waals surface area (Å²) in [5.74, 6) is -0.165. The Hall–Kier alpha value is -2.14. The van der Waals surface area contributed by atoms with Crippen LogP contribution in [-0.4, -0.2) is 13.0 Å². The Bertz CT molecular complexity index is 725. The van der Waals surface area contributed by atoms with Crippen LogP contribution < -0.4 is 10.7 Å². The van der Waals surface area contributed by atoms with Crippen LogP contribution in [0.4, 0.5) is 5.69 Å². The van der Waals surface area contributed by atoms with E-state index >= 15 is 0 Å². The number of fused-ring (bicyclic) bond motifs is 1. The third kappa shape index (κ3) is 3.31. The van der Waals surface area contributed by atoms with E-state index in [1.807, 2.05) is 20.8 Å². The molecule has 0 aliphatic rings. The molecule has 0 fully saturated rings. The molecule has 0 spiro atoms. The maximum atomic E-state index is 12.2. The summed E-state index contributed by atoms with van der Waals surface area (Å²) in [6.07, 6.45) is 1.34. The van der Waals surface area contributed by atoms with Crippen molar-refractivity contribution in [2.45, 2.75) is 27.4 Å². The molecule has 1 aromatic carbocycles. The van der Waals surface area contributed by atoms with Gasteiger partial charge in [0.2, 0.25) is 5.91 Å². The first kappa shape index (κ1) is 15.3. The number of hydrogen-bond donors (Lipinski definition) is 1. The predicted molar refractivity (Wildman–Crippen MR) is 81.3 cm³/mol. The molecule has 5 nitrogen and oxygen atoms in total. The molecule has 5 heteroatoms. The van der Waals surface area contributed by atoms with Gasteiger partial charge in [0, 0.05) is 18.6 Å². The van der Waals surface area contributed by atoms with Gasteiger partial charge in [-0.1, -0.05) is 20.8 Å². The Morgan fingerprint density at radius 3 is 2.67 bits per heavy atom. The van der Waals surface area contributed by atoms with Crippen molar-refractivity contribution >= 4 is 22.6 Å². The molecule has 2 rings (SSSR count). The van der Waals surface area contributed by atoms with Crippen LogP contribution in [-0.2, 0) is 16.1 Å². The maximum Gasteiger partial charge on any atom is 0.229 e. The number of benzene rings is 1. The van der Waals surface area contributed by atoms with Crippen LogP contribution >= 0.6 is 0 Å². The van der Waals surface area contributed by atoms with Gasteiger partial charge in [0.15, 0.2) is 5.43 Å². The molecular formula is C16H19NO4. The first-order valence-corrected chi connectivity index (χ1v) is 6.68. The minimum atomic E-state index is -0.557. The van der Waals surface area contributed by atoms with Crippen LogP contribution in [0.15, 0.2) is 33.7 Å². The molecule has 0 radical (unpaired) electrons. The van der Waals surface area contributed by atoms with Crippen LogP contribution in [0.25, 0.3) is 11.0 Å². The minimum absolute atomic E-state index is 0.165.